The monoisotopic (exact) mass is 399 g/mol. The van der Waals surface area contributed by atoms with E-state index in [1.165, 1.54) is 23.8 Å². The molecule has 1 heterocycles. The van der Waals surface area contributed by atoms with E-state index in [1.807, 2.05) is 13.0 Å². The van der Waals surface area contributed by atoms with Crippen LogP contribution in [0.15, 0.2) is 42.5 Å². The predicted molar refractivity (Wildman–Crippen MR) is 115 cm³/mol. The summed E-state index contributed by atoms with van der Waals surface area (Å²) in [5.41, 5.74) is 4.79. The molecule has 2 aromatic rings. The molecule has 0 spiro atoms. The first kappa shape index (κ1) is 20.9. The molecule has 0 unspecified atom stereocenters. The number of carbonyl (C=O) groups excluding carboxylic acids is 1. The summed E-state index contributed by atoms with van der Waals surface area (Å²) in [5.74, 6) is 0.374. The Hall–Kier alpha value is -1.84. The summed E-state index contributed by atoms with van der Waals surface area (Å²) in [6.45, 7) is 8.67. The lowest BCUT2D eigenvalue weighted by Crippen LogP contribution is -2.58. The Bertz CT molecular complexity index is 842. The number of halogens is 1. The number of rotatable bonds is 7. The van der Waals surface area contributed by atoms with Crippen LogP contribution in [-0.4, -0.2) is 31.1 Å². The Morgan fingerprint density at radius 3 is 2.57 bits per heavy atom. The lowest BCUT2D eigenvalue weighted by atomic mass is 9.81. The van der Waals surface area contributed by atoms with Crippen molar-refractivity contribution in [2.75, 3.05) is 20.2 Å². The zero-order valence-corrected chi connectivity index (χ0v) is 18.1. The van der Waals surface area contributed by atoms with Gasteiger partial charge in [0.05, 0.1) is 12.5 Å². The van der Waals surface area contributed by atoms with Crippen LogP contribution in [0.25, 0.3) is 0 Å². The van der Waals surface area contributed by atoms with Gasteiger partial charge in [0.15, 0.2) is 0 Å². The fourth-order valence-electron chi connectivity index (χ4n) is 4.25. The van der Waals surface area contributed by atoms with Gasteiger partial charge in [0.25, 0.3) is 0 Å². The van der Waals surface area contributed by atoms with Crippen LogP contribution in [0.5, 0.6) is 0 Å². The molecule has 28 heavy (non-hydrogen) atoms. The first-order valence-electron chi connectivity index (χ1n) is 9.99. The van der Waals surface area contributed by atoms with Gasteiger partial charge >= 0.3 is 5.97 Å². The van der Waals surface area contributed by atoms with Crippen LogP contribution in [0.4, 0.5) is 0 Å². The van der Waals surface area contributed by atoms with Crippen LogP contribution < -0.4 is 0 Å². The van der Waals surface area contributed by atoms with E-state index >= 15 is 0 Å². The number of hydrogen-bond acceptors (Lipinski definition) is 3. The minimum atomic E-state index is -0.355. The van der Waals surface area contributed by atoms with E-state index in [4.69, 9.17) is 16.3 Å². The van der Waals surface area contributed by atoms with Gasteiger partial charge in [-0.2, -0.15) is 0 Å². The Morgan fingerprint density at radius 2 is 1.93 bits per heavy atom. The van der Waals surface area contributed by atoms with Gasteiger partial charge < -0.3 is 4.74 Å². The zero-order valence-electron chi connectivity index (χ0n) is 17.3. The first-order chi connectivity index (χ1) is 13.3. The molecule has 3 rings (SSSR count). The maximum atomic E-state index is 11.8. The van der Waals surface area contributed by atoms with Gasteiger partial charge in [0, 0.05) is 24.7 Å². The van der Waals surface area contributed by atoms with Gasteiger partial charge in [-0.25, -0.2) is 0 Å². The van der Waals surface area contributed by atoms with E-state index < -0.39 is 0 Å². The summed E-state index contributed by atoms with van der Waals surface area (Å²) in [4.78, 5) is 14.1. The minimum absolute atomic E-state index is 0.110. The summed E-state index contributed by atoms with van der Waals surface area (Å²) >= 11 is 6.19. The first-order valence-corrected chi connectivity index (χ1v) is 10.4. The van der Waals surface area contributed by atoms with Crippen molar-refractivity contribution in [3.8, 4) is 0 Å². The number of esters is 1. The highest BCUT2D eigenvalue weighted by atomic mass is 35.5. The van der Waals surface area contributed by atoms with Crippen LogP contribution in [-0.2, 0) is 22.5 Å². The van der Waals surface area contributed by atoms with E-state index in [0.717, 1.165) is 43.1 Å². The van der Waals surface area contributed by atoms with E-state index in [0.29, 0.717) is 5.92 Å². The number of nitrogens with zero attached hydrogens (tertiary/aromatic N) is 1. The molecule has 1 aliphatic heterocycles. The normalized spacial score (nSPS) is 17.0. The topological polar surface area (TPSA) is 29.5 Å². The molecule has 150 valence electrons. The third kappa shape index (κ3) is 4.59. The molecule has 0 amide bonds. The smallest absolute Gasteiger partial charge is 0.314 e. The number of aryl methyl sites for hydroxylation is 1. The summed E-state index contributed by atoms with van der Waals surface area (Å²) in [7, 11) is 1.46. The highest BCUT2D eigenvalue weighted by Crippen LogP contribution is 2.33. The molecule has 3 nitrogen and oxygen atoms in total. The van der Waals surface area contributed by atoms with Gasteiger partial charge in [0.1, 0.15) is 0 Å². The lowest BCUT2D eigenvalue weighted by molar-refractivity contribution is -0.162. The number of methoxy groups -OCH3 is 1. The second kappa shape index (κ2) is 8.67. The van der Waals surface area contributed by atoms with Crippen molar-refractivity contribution in [2.24, 2.45) is 5.41 Å². The molecule has 1 fully saturated rings. The molecular formula is C24H30ClNO2. The third-order valence-electron chi connectivity index (χ3n) is 5.85. The van der Waals surface area contributed by atoms with E-state index in [2.05, 4.69) is 55.1 Å². The Labute approximate surface area is 173 Å². The van der Waals surface area contributed by atoms with E-state index in [9.17, 15) is 4.79 Å². The summed E-state index contributed by atoms with van der Waals surface area (Å²) in [5, 5.41) is 0.828. The van der Waals surface area contributed by atoms with Crippen LogP contribution in [0.1, 0.15) is 48.4 Å². The maximum absolute atomic E-state index is 11.8. The number of benzene rings is 2. The zero-order chi connectivity index (χ0) is 20.3. The van der Waals surface area contributed by atoms with Gasteiger partial charge in [-0.05, 0) is 60.9 Å². The average Bonchev–Trinajstić information content (AvgIpc) is 2.66. The molecule has 0 aliphatic carbocycles. The maximum Gasteiger partial charge on any atom is 0.314 e. The van der Waals surface area contributed by atoms with Crippen molar-refractivity contribution in [2.45, 2.75) is 46.1 Å². The van der Waals surface area contributed by atoms with Crippen LogP contribution in [0.3, 0.4) is 0 Å². The molecule has 1 saturated heterocycles. The molecule has 1 aliphatic rings. The fraction of sp³-hybridized carbons (Fsp3) is 0.458. The molecule has 0 bridgehead atoms. The Kier molecular flexibility index (Phi) is 6.47. The number of carbonyl (C=O) groups is 1. The third-order valence-corrected chi connectivity index (χ3v) is 6.27. The second-order valence-electron chi connectivity index (χ2n) is 8.34. The molecule has 0 saturated carbocycles. The predicted octanol–water partition coefficient (Wildman–Crippen LogP) is 5.38. The minimum Gasteiger partial charge on any atom is -0.469 e. The number of likely N-dealkylation sites (tertiary alicyclic amines) is 1. The van der Waals surface area contributed by atoms with Crippen LogP contribution in [0, 0.1) is 12.3 Å². The molecule has 0 aromatic heterocycles. The van der Waals surface area contributed by atoms with Gasteiger partial charge in [0.2, 0.25) is 0 Å². The highest BCUT2D eigenvalue weighted by Gasteiger charge is 2.45. The Morgan fingerprint density at radius 1 is 1.21 bits per heavy atom. The molecule has 1 atom stereocenters. The van der Waals surface area contributed by atoms with Crippen LogP contribution in [0.2, 0.25) is 5.02 Å². The second-order valence-corrected chi connectivity index (χ2v) is 8.74. The van der Waals surface area contributed by atoms with Crippen LogP contribution >= 0.6 is 11.6 Å². The summed E-state index contributed by atoms with van der Waals surface area (Å²) in [6, 6.07) is 15.2. The molecule has 2 aromatic carbocycles. The summed E-state index contributed by atoms with van der Waals surface area (Å²) in [6.07, 6.45) is 2.11. The SMILES string of the molecule is CC[C@@H](Cc1cccc(CN2CC(C)(C(=O)OC)C2)c1)c1ccc(Cl)c(C)c1. The van der Waals surface area contributed by atoms with Crippen molar-refractivity contribution in [1.29, 1.82) is 0 Å². The van der Waals surface area contributed by atoms with Gasteiger partial charge in [-0.1, -0.05) is 54.9 Å². The van der Waals surface area contributed by atoms with Gasteiger partial charge in [-0.3, -0.25) is 9.69 Å². The Balaban J connectivity index is 1.64. The van der Waals surface area contributed by atoms with E-state index in [1.54, 1.807) is 0 Å². The van der Waals surface area contributed by atoms with Gasteiger partial charge in [-0.15, -0.1) is 0 Å². The molecule has 0 N–H and O–H groups in total. The van der Waals surface area contributed by atoms with Crippen molar-refractivity contribution < 1.29 is 9.53 Å². The lowest BCUT2D eigenvalue weighted by Gasteiger charge is -2.45. The quantitative estimate of drug-likeness (QED) is 0.585. The molecule has 4 heteroatoms. The fourth-order valence-corrected chi connectivity index (χ4v) is 4.36. The summed E-state index contributed by atoms with van der Waals surface area (Å²) < 4.78 is 4.91. The average molecular weight is 400 g/mol. The molecular weight excluding hydrogens is 370 g/mol. The van der Waals surface area contributed by atoms with Crippen molar-refractivity contribution in [3.63, 3.8) is 0 Å². The number of ether oxygens (including phenoxy) is 1. The van der Waals surface area contributed by atoms with Crippen molar-refractivity contribution in [3.05, 3.63) is 69.7 Å². The number of hydrogen-bond donors (Lipinski definition) is 0. The van der Waals surface area contributed by atoms with Crippen molar-refractivity contribution >= 4 is 17.6 Å². The van der Waals surface area contributed by atoms with E-state index in [-0.39, 0.29) is 11.4 Å². The molecule has 0 radical (unpaired) electrons. The van der Waals surface area contributed by atoms with Crippen molar-refractivity contribution in [1.82, 2.24) is 4.90 Å². The largest absolute Gasteiger partial charge is 0.469 e. The highest BCUT2D eigenvalue weighted by molar-refractivity contribution is 6.31. The standard InChI is InChI=1S/C24H30ClNO2/c1-5-20(21-9-10-22(25)17(2)11-21)13-18-7-6-8-19(12-18)14-26-15-24(3,16-26)23(27)28-4/h6-12,20H,5,13-16H2,1-4H3/t20-/m0/s1.